The van der Waals surface area contributed by atoms with Crippen LogP contribution in [0.3, 0.4) is 0 Å². The molecular weight excluding hydrogens is 581 g/mol. The van der Waals surface area contributed by atoms with Crippen molar-refractivity contribution in [2.24, 2.45) is 0 Å². The van der Waals surface area contributed by atoms with E-state index in [1.54, 1.807) is 24.3 Å². The fourth-order valence-electron chi connectivity index (χ4n) is 4.86. The summed E-state index contributed by atoms with van der Waals surface area (Å²) in [6.07, 6.45) is -1.96. The van der Waals surface area contributed by atoms with Crippen molar-refractivity contribution in [2.45, 2.75) is 52.7 Å². The molecule has 3 aromatic carbocycles. The minimum Gasteiger partial charge on any atom is -1.00 e. The van der Waals surface area contributed by atoms with E-state index in [9.17, 15) is 18.4 Å². The number of benzene rings is 3. The maximum atomic E-state index is 14.2. The van der Waals surface area contributed by atoms with E-state index in [2.05, 4.69) is 19.6 Å². The maximum Gasteiger partial charge on any atom is 1.00 e. The number of ether oxygens (including phenoxy) is 1. The standard InChI is InChI=1S/C32H30F2N4O4.K.H/c1-4-7-26-35-28(29(33)34)27(22-14-16-23(17-15-22)41-19(2)3)31(39)38(26)18-20-10-12-21(13-11-20)24-8-5-6-9-25(24)30-36-32(40)42-37-30;;/h5-6,8-17,19,29H,4,7,18H2,1-3H3,(H,36,37,40);;/q;+1;-1. The second-order valence-electron chi connectivity index (χ2n) is 10.1. The van der Waals surface area contributed by atoms with Crippen LogP contribution in [-0.2, 0) is 13.0 Å². The number of aromatic nitrogens is 4. The Morgan fingerprint density at radius 3 is 2.19 bits per heavy atom. The van der Waals surface area contributed by atoms with Gasteiger partial charge in [0.25, 0.3) is 12.0 Å². The molecule has 5 aromatic rings. The summed E-state index contributed by atoms with van der Waals surface area (Å²) in [7, 11) is 0. The molecule has 0 spiro atoms. The summed E-state index contributed by atoms with van der Waals surface area (Å²) in [6.45, 7) is 5.85. The quantitative estimate of drug-likeness (QED) is 0.241. The van der Waals surface area contributed by atoms with Gasteiger partial charge in [0.05, 0.1) is 18.2 Å². The number of hydrogen-bond acceptors (Lipinski definition) is 6. The Balaban J connectivity index is 0.00000264. The number of nitrogens with one attached hydrogen (secondary N) is 1. The van der Waals surface area contributed by atoms with Crippen molar-refractivity contribution in [3.8, 4) is 39.4 Å². The number of nitrogens with zero attached hydrogens (tertiary/aromatic N) is 3. The molecule has 0 saturated carbocycles. The summed E-state index contributed by atoms with van der Waals surface area (Å²) < 4.78 is 40.3. The van der Waals surface area contributed by atoms with E-state index in [0.717, 1.165) is 16.7 Å². The van der Waals surface area contributed by atoms with Crippen molar-refractivity contribution >= 4 is 0 Å². The van der Waals surface area contributed by atoms with Crippen LogP contribution in [0.25, 0.3) is 33.6 Å². The molecule has 0 bridgehead atoms. The van der Waals surface area contributed by atoms with Gasteiger partial charge in [-0.25, -0.2) is 18.6 Å². The van der Waals surface area contributed by atoms with Gasteiger partial charge in [-0.05, 0) is 54.7 Å². The van der Waals surface area contributed by atoms with E-state index in [4.69, 9.17) is 4.74 Å². The van der Waals surface area contributed by atoms with Gasteiger partial charge in [-0.2, -0.15) is 0 Å². The average Bonchev–Trinajstić information content (AvgIpc) is 3.41. The first-order valence-electron chi connectivity index (χ1n) is 13.7. The van der Waals surface area contributed by atoms with Crippen LogP contribution in [-0.4, -0.2) is 25.8 Å². The van der Waals surface area contributed by atoms with Crippen molar-refractivity contribution < 1.29 is 70.9 Å². The van der Waals surface area contributed by atoms with Gasteiger partial charge in [0, 0.05) is 12.0 Å². The molecule has 0 radical (unpaired) electrons. The Hall–Kier alpha value is -3.22. The third-order valence-electron chi connectivity index (χ3n) is 6.70. The molecule has 43 heavy (non-hydrogen) atoms. The summed E-state index contributed by atoms with van der Waals surface area (Å²) in [5.74, 6) is 0.566. The first-order valence-corrected chi connectivity index (χ1v) is 13.7. The maximum absolute atomic E-state index is 14.2. The van der Waals surface area contributed by atoms with Crippen LogP contribution in [0.5, 0.6) is 5.75 Å². The van der Waals surface area contributed by atoms with Crippen molar-refractivity contribution in [2.75, 3.05) is 0 Å². The number of alkyl halides is 2. The molecule has 0 aliphatic heterocycles. The van der Waals surface area contributed by atoms with Crippen LogP contribution >= 0.6 is 0 Å². The van der Waals surface area contributed by atoms with E-state index >= 15 is 0 Å². The molecule has 8 nitrogen and oxygen atoms in total. The van der Waals surface area contributed by atoms with Gasteiger partial charge in [0.15, 0.2) is 5.82 Å². The van der Waals surface area contributed by atoms with Gasteiger partial charge >= 0.3 is 57.1 Å². The molecule has 0 fully saturated rings. The van der Waals surface area contributed by atoms with Gasteiger partial charge in [-0.1, -0.05) is 72.7 Å². The fourth-order valence-corrected chi connectivity index (χ4v) is 4.86. The largest absolute Gasteiger partial charge is 1.00 e. The van der Waals surface area contributed by atoms with Gasteiger partial charge in [0.1, 0.15) is 17.3 Å². The van der Waals surface area contributed by atoms with Crippen LogP contribution in [0.1, 0.15) is 52.1 Å². The zero-order chi connectivity index (χ0) is 29.8. The summed E-state index contributed by atoms with van der Waals surface area (Å²) in [6, 6.07) is 21.5. The minimum absolute atomic E-state index is 0. The molecule has 0 aliphatic carbocycles. The number of hydrogen-bond donors (Lipinski definition) is 1. The van der Waals surface area contributed by atoms with E-state index < -0.39 is 23.4 Å². The van der Waals surface area contributed by atoms with Crippen molar-refractivity contribution in [1.29, 1.82) is 0 Å². The zero-order valence-corrected chi connectivity index (χ0v) is 27.6. The number of H-pyrrole nitrogens is 1. The molecule has 218 valence electrons. The molecule has 2 heterocycles. The SMILES string of the molecule is CCCc1nc(C(F)F)c(-c2ccc(OC(C)C)cc2)c(=O)n1Cc1ccc(-c2ccccc2-c2noc(=O)[nH]2)cc1.[H-].[K+]. The smallest absolute Gasteiger partial charge is 1.00 e. The third-order valence-corrected chi connectivity index (χ3v) is 6.70. The molecule has 0 saturated heterocycles. The fraction of sp³-hybridized carbons (Fsp3) is 0.250. The Morgan fingerprint density at radius 2 is 1.60 bits per heavy atom. The third kappa shape index (κ3) is 7.47. The molecular formula is C32H31F2KN4O4. The normalized spacial score (nSPS) is 11.1. The predicted molar refractivity (Wildman–Crippen MR) is 157 cm³/mol. The van der Waals surface area contributed by atoms with Crippen LogP contribution in [0.2, 0.25) is 0 Å². The van der Waals surface area contributed by atoms with Crippen LogP contribution in [0, 0.1) is 0 Å². The summed E-state index contributed by atoms with van der Waals surface area (Å²) in [4.78, 5) is 32.2. The number of rotatable bonds is 10. The summed E-state index contributed by atoms with van der Waals surface area (Å²) in [5, 5.41) is 3.80. The van der Waals surface area contributed by atoms with Crippen molar-refractivity contribution in [3.05, 3.63) is 111 Å². The number of aromatic amines is 1. The second kappa shape index (κ2) is 14.5. The zero-order valence-electron chi connectivity index (χ0n) is 25.4. The van der Waals surface area contributed by atoms with Crippen LogP contribution in [0.15, 0.2) is 86.9 Å². The molecule has 2 aromatic heterocycles. The topological polar surface area (TPSA) is 103 Å². The minimum atomic E-state index is -2.91. The van der Waals surface area contributed by atoms with Crippen molar-refractivity contribution in [1.82, 2.24) is 19.7 Å². The van der Waals surface area contributed by atoms with E-state index in [-0.39, 0.29) is 71.0 Å². The monoisotopic (exact) mass is 612 g/mol. The van der Waals surface area contributed by atoms with Crippen LogP contribution in [0.4, 0.5) is 8.78 Å². The second-order valence-corrected chi connectivity index (χ2v) is 10.1. The number of halogens is 2. The Morgan fingerprint density at radius 1 is 0.953 bits per heavy atom. The van der Waals surface area contributed by atoms with Crippen LogP contribution < -0.4 is 67.4 Å². The molecule has 11 heteroatoms. The molecule has 1 N–H and O–H groups in total. The van der Waals surface area contributed by atoms with Gasteiger partial charge in [0.2, 0.25) is 0 Å². The average molecular weight is 613 g/mol. The summed E-state index contributed by atoms with van der Waals surface area (Å²) >= 11 is 0. The first-order chi connectivity index (χ1) is 20.2. The summed E-state index contributed by atoms with van der Waals surface area (Å²) in [5.41, 5.74) is 2.37. The van der Waals surface area contributed by atoms with E-state index in [0.29, 0.717) is 41.4 Å². The molecule has 0 atom stereocenters. The van der Waals surface area contributed by atoms with E-state index in [1.807, 2.05) is 69.3 Å². The molecule has 5 rings (SSSR count). The molecule has 0 unspecified atom stereocenters. The Bertz CT molecular complexity index is 1800. The number of aryl methyl sites for hydroxylation is 1. The van der Waals surface area contributed by atoms with E-state index in [1.165, 1.54) is 4.57 Å². The van der Waals surface area contributed by atoms with Gasteiger partial charge in [-0.15, -0.1) is 0 Å². The van der Waals surface area contributed by atoms with Gasteiger partial charge < -0.3 is 6.16 Å². The van der Waals surface area contributed by atoms with Gasteiger partial charge in [-0.3, -0.25) is 18.9 Å². The Kier molecular flexibility index (Phi) is 11.0. The Labute approximate surface area is 291 Å². The predicted octanol–water partition coefficient (Wildman–Crippen LogP) is 3.76. The molecule has 0 aliphatic rings. The van der Waals surface area contributed by atoms with Crippen molar-refractivity contribution in [3.63, 3.8) is 0 Å². The molecule has 0 amide bonds. The first kappa shape index (κ1) is 32.7.